The molecule has 0 fully saturated rings. The second kappa shape index (κ2) is 3.91. The van der Waals surface area contributed by atoms with Gasteiger partial charge in [-0.15, -0.1) is 0 Å². The highest BCUT2D eigenvalue weighted by molar-refractivity contribution is 5.96. The molecule has 0 atom stereocenters. The molecule has 1 aromatic heterocycles. The molecule has 0 spiro atoms. The van der Waals surface area contributed by atoms with E-state index in [2.05, 4.69) is 18.8 Å². The van der Waals surface area contributed by atoms with E-state index in [1.165, 1.54) is 5.56 Å². The van der Waals surface area contributed by atoms with E-state index >= 15 is 0 Å². The van der Waals surface area contributed by atoms with Gasteiger partial charge in [0.25, 0.3) is 0 Å². The van der Waals surface area contributed by atoms with Crippen molar-refractivity contribution in [1.29, 1.82) is 0 Å². The highest BCUT2D eigenvalue weighted by Crippen LogP contribution is 2.30. The largest absolute Gasteiger partial charge is 0.478 e. The molecule has 0 aliphatic heterocycles. The lowest BCUT2D eigenvalue weighted by Gasteiger charge is -2.06. The van der Waals surface area contributed by atoms with Crippen LogP contribution < -0.4 is 0 Å². The number of fused-ring (bicyclic) bond motifs is 1. The number of carbonyl (C=O) groups is 1. The molecule has 0 saturated carbocycles. The molecule has 2 rings (SSSR count). The van der Waals surface area contributed by atoms with Gasteiger partial charge in [-0.05, 0) is 43.0 Å². The Balaban J connectivity index is 2.79. The number of aryl methyl sites for hydroxylation is 2. The van der Waals surface area contributed by atoms with Crippen molar-refractivity contribution in [2.24, 2.45) is 0 Å². The molecule has 0 unspecified atom stereocenters. The summed E-state index contributed by atoms with van der Waals surface area (Å²) in [6.07, 6.45) is 0. The standard InChI is InChI=1S/C14H17NO2/c1-7(2)13-9(4)15-12-6-10(14(16)17)8(3)5-11(12)13/h5-7,15H,1-4H3,(H,16,17). The van der Waals surface area contributed by atoms with Gasteiger partial charge in [0.2, 0.25) is 0 Å². The summed E-state index contributed by atoms with van der Waals surface area (Å²) in [7, 11) is 0. The molecular formula is C14H17NO2. The monoisotopic (exact) mass is 231 g/mol. The number of nitrogens with one attached hydrogen (secondary N) is 1. The van der Waals surface area contributed by atoms with Gasteiger partial charge >= 0.3 is 5.97 Å². The van der Waals surface area contributed by atoms with Gasteiger partial charge in [0.15, 0.2) is 0 Å². The number of aromatic nitrogens is 1. The van der Waals surface area contributed by atoms with Crippen molar-refractivity contribution in [1.82, 2.24) is 4.98 Å². The SMILES string of the molecule is Cc1cc2c(C(C)C)c(C)[nH]c2cc1C(=O)O. The van der Waals surface area contributed by atoms with E-state index in [4.69, 9.17) is 5.11 Å². The maximum atomic E-state index is 11.1. The third-order valence-corrected chi connectivity index (χ3v) is 3.19. The van der Waals surface area contributed by atoms with Crippen LogP contribution in [0.1, 0.15) is 46.9 Å². The number of benzene rings is 1. The Kier molecular flexibility index (Phi) is 2.69. The van der Waals surface area contributed by atoms with Crippen molar-refractivity contribution in [2.45, 2.75) is 33.6 Å². The van der Waals surface area contributed by atoms with Gasteiger partial charge in [0, 0.05) is 16.6 Å². The molecule has 0 radical (unpaired) electrons. The maximum absolute atomic E-state index is 11.1. The van der Waals surface area contributed by atoms with E-state index in [0.717, 1.165) is 22.2 Å². The Labute approximate surface area is 100 Å². The topological polar surface area (TPSA) is 53.1 Å². The van der Waals surface area contributed by atoms with Crippen LogP contribution >= 0.6 is 0 Å². The number of aromatic carboxylic acids is 1. The first-order valence-electron chi connectivity index (χ1n) is 5.78. The number of rotatable bonds is 2. The minimum atomic E-state index is -0.872. The molecule has 2 aromatic rings. The van der Waals surface area contributed by atoms with Gasteiger partial charge in [-0.2, -0.15) is 0 Å². The lowest BCUT2D eigenvalue weighted by molar-refractivity contribution is 0.0696. The highest BCUT2D eigenvalue weighted by Gasteiger charge is 2.15. The molecule has 0 aliphatic rings. The summed E-state index contributed by atoms with van der Waals surface area (Å²) in [5.41, 5.74) is 4.49. The minimum absolute atomic E-state index is 0.369. The molecule has 0 bridgehead atoms. The Hall–Kier alpha value is -1.77. The zero-order valence-electron chi connectivity index (χ0n) is 10.6. The van der Waals surface area contributed by atoms with E-state index in [0.29, 0.717) is 11.5 Å². The first-order chi connectivity index (χ1) is 7.91. The Morgan fingerprint density at radius 1 is 1.29 bits per heavy atom. The van der Waals surface area contributed by atoms with Crippen molar-refractivity contribution < 1.29 is 9.90 Å². The minimum Gasteiger partial charge on any atom is -0.478 e. The molecule has 3 heteroatoms. The number of H-pyrrole nitrogens is 1. The molecule has 90 valence electrons. The fourth-order valence-electron chi connectivity index (χ4n) is 2.48. The van der Waals surface area contributed by atoms with Gasteiger partial charge in [0.1, 0.15) is 0 Å². The van der Waals surface area contributed by atoms with Crippen molar-refractivity contribution in [3.8, 4) is 0 Å². The maximum Gasteiger partial charge on any atom is 0.336 e. The van der Waals surface area contributed by atoms with E-state index in [1.807, 2.05) is 19.9 Å². The molecule has 0 aliphatic carbocycles. The van der Waals surface area contributed by atoms with Gasteiger partial charge in [-0.1, -0.05) is 13.8 Å². The molecule has 0 amide bonds. The van der Waals surface area contributed by atoms with Gasteiger partial charge in [-0.3, -0.25) is 0 Å². The molecular weight excluding hydrogens is 214 g/mol. The van der Waals surface area contributed by atoms with Crippen LogP contribution in [0.4, 0.5) is 0 Å². The molecule has 3 nitrogen and oxygen atoms in total. The summed E-state index contributed by atoms with van der Waals surface area (Å²) in [6, 6.07) is 3.70. The van der Waals surface area contributed by atoms with Crippen LogP contribution in [0, 0.1) is 13.8 Å². The lowest BCUT2D eigenvalue weighted by atomic mass is 9.97. The zero-order chi connectivity index (χ0) is 12.7. The fourth-order valence-corrected chi connectivity index (χ4v) is 2.48. The van der Waals surface area contributed by atoms with Crippen molar-refractivity contribution in [2.75, 3.05) is 0 Å². The molecule has 2 N–H and O–H groups in total. The van der Waals surface area contributed by atoms with Crippen molar-refractivity contribution in [3.05, 3.63) is 34.5 Å². The van der Waals surface area contributed by atoms with Crippen LogP contribution in [0.2, 0.25) is 0 Å². The van der Waals surface area contributed by atoms with Crippen molar-refractivity contribution in [3.63, 3.8) is 0 Å². The summed E-state index contributed by atoms with van der Waals surface area (Å²) in [5, 5.41) is 10.2. The van der Waals surface area contributed by atoms with Crippen molar-refractivity contribution >= 4 is 16.9 Å². The Morgan fingerprint density at radius 2 is 1.94 bits per heavy atom. The number of carboxylic acids is 1. The number of aromatic amines is 1. The Bertz CT molecular complexity index is 594. The van der Waals surface area contributed by atoms with Crippen LogP contribution in [0.3, 0.4) is 0 Å². The molecule has 17 heavy (non-hydrogen) atoms. The number of hydrogen-bond acceptors (Lipinski definition) is 1. The highest BCUT2D eigenvalue weighted by atomic mass is 16.4. The first kappa shape index (κ1) is 11.7. The van der Waals surface area contributed by atoms with Gasteiger partial charge in [-0.25, -0.2) is 4.79 Å². The average molecular weight is 231 g/mol. The van der Waals surface area contributed by atoms with Gasteiger partial charge in [0.05, 0.1) is 5.56 Å². The van der Waals surface area contributed by atoms with Crippen LogP contribution in [0.5, 0.6) is 0 Å². The zero-order valence-corrected chi connectivity index (χ0v) is 10.6. The van der Waals surface area contributed by atoms with E-state index in [9.17, 15) is 4.79 Å². The predicted octanol–water partition coefficient (Wildman–Crippen LogP) is 3.61. The van der Waals surface area contributed by atoms with E-state index in [-0.39, 0.29) is 0 Å². The van der Waals surface area contributed by atoms with Crippen LogP contribution in [0.15, 0.2) is 12.1 Å². The lowest BCUT2D eigenvalue weighted by Crippen LogP contribution is -1.99. The molecule has 1 heterocycles. The summed E-state index contributed by atoms with van der Waals surface area (Å²) in [5.74, 6) is -0.443. The Morgan fingerprint density at radius 3 is 2.47 bits per heavy atom. The number of hydrogen-bond donors (Lipinski definition) is 2. The first-order valence-corrected chi connectivity index (χ1v) is 5.78. The summed E-state index contributed by atoms with van der Waals surface area (Å²) < 4.78 is 0. The smallest absolute Gasteiger partial charge is 0.336 e. The predicted molar refractivity (Wildman–Crippen MR) is 68.8 cm³/mol. The fraction of sp³-hybridized carbons (Fsp3) is 0.357. The summed E-state index contributed by atoms with van der Waals surface area (Å²) in [4.78, 5) is 14.3. The molecule has 0 saturated heterocycles. The third-order valence-electron chi connectivity index (χ3n) is 3.19. The van der Waals surface area contributed by atoms with E-state index < -0.39 is 5.97 Å². The van der Waals surface area contributed by atoms with E-state index in [1.54, 1.807) is 6.07 Å². The third kappa shape index (κ3) is 1.82. The van der Waals surface area contributed by atoms with Crippen LogP contribution in [-0.2, 0) is 0 Å². The second-order valence-corrected chi connectivity index (χ2v) is 4.84. The summed E-state index contributed by atoms with van der Waals surface area (Å²) >= 11 is 0. The van der Waals surface area contributed by atoms with Gasteiger partial charge < -0.3 is 10.1 Å². The van der Waals surface area contributed by atoms with Crippen LogP contribution in [-0.4, -0.2) is 16.1 Å². The number of carboxylic acid groups (broad SMARTS) is 1. The normalized spacial score (nSPS) is 11.4. The average Bonchev–Trinajstić information content (AvgIpc) is 2.51. The molecule has 1 aromatic carbocycles. The second-order valence-electron chi connectivity index (χ2n) is 4.84. The summed E-state index contributed by atoms with van der Waals surface area (Å²) in [6.45, 7) is 8.17. The van der Waals surface area contributed by atoms with Crippen LogP contribution in [0.25, 0.3) is 10.9 Å². The quantitative estimate of drug-likeness (QED) is 0.829.